The summed E-state index contributed by atoms with van der Waals surface area (Å²) in [4.78, 5) is 19.5. The molecule has 0 saturated carbocycles. The summed E-state index contributed by atoms with van der Waals surface area (Å²) in [7, 11) is 1.61. The van der Waals surface area contributed by atoms with Crippen molar-refractivity contribution >= 4 is 28.6 Å². The summed E-state index contributed by atoms with van der Waals surface area (Å²) in [5.41, 5.74) is 2.81. The number of nitrogens with one attached hydrogen (secondary N) is 1. The first kappa shape index (κ1) is 20.2. The van der Waals surface area contributed by atoms with E-state index in [1.165, 1.54) is 4.88 Å². The summed E-state index contributed by atoms with van der Waals surface area (Å²) in [6, 6.07) is 11.6. The van der Waals surface area contributed by atoms with Crippen molar-refractivity contribution in [1.82, 2.24) is 25.3 Å². The van der Waals surface area contributed by atoms with E-state index in [1.807, 2.05) is 38.1 Å². The van der Waals surface area contributed by atoms with Gasteiger partial charge in [0.15, 0.2) is 5.69 Å². The third-order valence-corrected chi connectivity index (χ3v) is 6.54. The SMILES string of the molecule is COc1cccc(-n2nnc(C(=O)NCCc3ccc(-c4csc(C)n4)s3)c2C)c1. The summed E-state index contributed by atoms with van der Waals surface area (Å²) in [5, 5.41) is 14.3. The quantitative estimate of drug-likeness (QED) is 0.470. The highest BCUT2D eigenvalue weighted by molar-refractivity contribution is 7.16. The lowest BCUT2D eigenvalue weighted by Crippen LogP contribution is -2.26. The van der Waals surface area contributed by atoms with E-state index in [-0.39, 0.29) is 5.91 Å². The second kappa shape index (κ2) is 8.76. The predicted octanol–water partition coefficient (Wildman–Crippen LogP) is 4.05. The highest BCUT2D eigenvalue weighted by atomic mass is 32.1. The van der Waals surface area contributed by atoms with Gasteiger partial charge in [-0.2, -0.15) is 0 Å². The molecule has 0 bridgehead atoms. The number of nitrogens with zero attached hydrogens (tertiary/aromatic N) is 4. The number of carbonyl (C=O) groups excluding carboxylic acids is 1. The number of aromatic nitrogens is 4. The maximum Gasteiger partial charge on any atom is 0.273 e. The number of hydrogen-bond acceptors (Lipinski definition) is 7. The Morgan fingerprint density at radius 1 is 1.23 bits per heavy atom. The van der Waals surface area contributed by atoms with Crippen LogP contribution in [-0.2, 0) is 6.42 Å². The zero-order valence-electron chi connectivity index (χ0n) is 16.9. The molecule has 154 valence electrons. The van der Waals surface area contributed by atoms with Crippen molar-refractivity contribution in [3.8, 4) is 22.0 Å². The van der Waals surface area contributed by atoms with Gasteiger partial charge in [0.25, 0.3) is 5.91 Å². The molecular formula is C21H21N5O2S2. The number of carbonyl (C=O) groups is 1. The standard InChI is InChI=1S/C21H21N5O2S2/c1-13-20(24-25-26(13)15-5-4-6-16(11-15)28-3)21(27)22-10-9-17-7-8-19(30-17)18-12-29-14(2)23-18/h4-8,11-12H,9-10H2,1-3H3,(H,22,27). The van der Waals surface area contributed by atoms with E-state index in [0.717, 1.165) is 33.4 Å². The number of benzene rings is 1. The van der Waals surface area contributed by atoms with Crippen LogP contribution in [0.2, 0.25) is 0 Å². The van der Waals surface area contributed by atoms with Crippen LogP contribution in [0.25, 0.3) is 16.3 Å². The molecular weight excluding hydrogens is 418 g/mol. The van der Waals surface area contributed by atoms with Gasteiger partial charge in [0.1, 0.15) is 5.75 Å². The van der Waals surface area contributed by atoms with Crippen LogP contribution < -0.4 is 10.1 Å². The minimum atomic E-state index is -0.228. The second-order valence-electron chi connectivity index (χ2n) is 6.66. The van der Waals surface area contributed by atoms with E-state index in [9.17, 15) is 4.79 Å². The van der Waals surface area contributed by atoms with Crippen LogP contribution >= 0.6 is 22.7 Å². The van der Waals surface area contributed by atoms with Crippen molar-refractivity contribution in [3.05, 3.63) is 63.1 Å². The summed E-state index contributed by atoms with van der Waals surface area (Å²) in [6.45, 7) is 4.36. The molecule has 7 nitrogen and oxygen atoms in total. The van der Waals surface area contributed by atoms with Crippen LogP contribution in [0.15, 0.2) is 41.8 Å². The van der Waals surface area contributed by atoms with Crippen molar-refractivity contribution in [2.45, 2.75) is 20.3 Å². The van der Waals surface area contributed by atoms with Crippen LogP contribution in [0.4, 0.5) is 0 Å². The van der Waals surface area contributed by atoms with Gasteiger partial charge in [0.2, 0.25) is 0 Å². The van der Waals surface area contributed by atoms with Gasteiger partial charge in [-0.25, -0.2) is 9.67 Å². The molecule has 3 aromatic heterocycles. The fourth-order valence-corrected chi connectivity index (χ4v) is 4.69. The minimum Gasteiger partial charge on any atom is -0.497 e. The van der Waals surface area contributed by atoms with E-state index in [0.29, 0.717) is 17.9 Å². The van der Waals surface area contributed by atoms with Gasteiger partial charge < -0.3 is 10.1 Å². The maximum absolute atomic E-state index is 12.6. The molecule has 1 amide bonds. The average Bonchev–Trinajstić information content (AvgIpc) is 3.48. The molecule has 0 saturated heterocycles. The summed E-state index contributed by atoms with van der Waals surface area (Å²) >= 11 is 3.35. The van der Waals surface area contributed by atoms with E-state index in [1.54, 1.807) is 34.5 Å². The summed E-state index contributed by atoms with van der Waals surface area (Å²) in [6.07, 6.45) is 0.753. The summed E-state index contributed by atoms with van der Waals surface area (Å²) < 4.78 is 6.89. The van der Waals surface area contributed by atoms with Crippen molar-refractivity contribution in [2.24, 2.45) is 0 Å². The van der Waals surface area contributed by atoms with Gasteiger partial charge in [-0.1, -0.05) is 11.3 Å². The van der Waals surface area contributed by atoms with Crippen LogP contribution in [-0.4, -0.2) is 39.5 Å². The number of rotatable bonds is 7. The van der Waals surface area contributed by atoms with Gasteiger partial charge >= 0.3 is 0 Å². The van der Waals surface area contributed by atoms with Gasteiger partial charge in [-0.3, -0.25) is 4.79 Å². The molecule has 0 fully saturated rings. The largest absolute Gasteiger partial charge is 0.497 e. The molecule has 1 N–H and O–H groups in total. The Kier molecular flexibility index (Phi) is 5.91. The topological polar surface area (TPSA) is 81.9 Å². The molecule has 0 aliphatic rings. The molecule has 1 aromatic carbocycles. The predicted molar refractivity (Wildman–Crippen MR) is 119 cm³/mol. The van der Waals surface area contributed by atoms with Gasteiger partial charge in [-0.15, -0.1) is 27.8 Å². The average molecular weight is 440 g/mol. The third-order valence-electron chi connectivity index (χ3n) is 4.60. The van der Waals surface area contributed by atoms with Gasteiger partial charge in [0, 0.05) is 22.9 Å². The molecule has 0 atom stereocenters. The Labute approximate surface area is 182 Å². The lowest BCUT2D eigenvalue weighted by atomic mass is 10.2. The Balaban J connectivity index is 1.38. The molecule has 4 rings (SSSR count). The number of amides is 1. The first-order chi connectivity index (χ1) is 14.5. The molecule has 0 aliphatic carbocycles. The zero-order chi connectivity index (χ0) is 21.1. The normalized spacial score (nSPS) is 10.9. The fourth-order valence-electron chi connectivity index (χ4n) is 3.04. The zero-order valence-corrected chi connectivity index (χ0v) is 18.5. The number of thiophene rings is 1. The van der Waals surface area contributed by atoms with E-state index >= 15 is 0 Å². The Hall–Kier alpha value is -3.04. The highest BCUT2D eigenvalue weighted by Crippen LogP contribution is 2.29. The Bertz CT molecular complexity index is 1180. The number of thiazole rings is 1. The van der Waals surface area contributed by atoms with Crippen molar-refractivity contribution < 1.29 is 9.53 Å². The van der Waals surface area contributed by atoms with Gasteiger partial charge in [0.05, 0.1) is 34.1 Å². The Morgan fingerprint density at radius 2 is 2.10 bits per heavy atom. The fraction of sp³-hybridized carbons (Fsp3) is 0.238. The van der Waals surface area contributed by atoms with Crippen LogP contribution in [0.1, 0.15) is 26.1 Å². The molecule has 3 heterocycles. The number of hydrogen-bond donors (Lipinski definition) is 1. The summed E-state index contributed by atoms with van der Waals surface area (Å²) in [5.74, 6) is 0.491. The van der Waals surface area contributed by atoms with Crippen LogP contribution in [0, 0.1) is 13.8 Å². The molecule has 0 radical (unpaired) electrons. The highest BCUT2D eigenvalue weighted by Gasteiger charge is 2.17. The molecule has 9 heteroatoms. The monoisotopic (exact) mass is 439 g/mol. The minimum absolute atomic E-state index is 0.228. The van der Waals surface area contributed by atoms with E-state index < -0.39 is 0 Å². The Morgan fingerprint density at radius 3 is 2.87 bits per heavy atom. The lowest BCUT2D eigenvalue weighted by Gasteiger charge is -2.06. The van der Waals surface area contributed by atoms with E-state index in [2.05, 4.69) is 38.1 Å². The first-order valence-electron chi connectivity index (χ1n) is 9.41. The van der Waals surface area contributed by atoms with E-state index in [4.69, 9.17) is 4.74 Å². The van der Waals surface area contributed by atoms with Crippen molar-refractivity contribution in [1.29, 1.82) is 0 Å². The van der Waals surface area contributed by atoms with Crippen LogP contribution in [0.3, 0.4) is 0 Å². The third kappa shape index (κ3) is 4.27. The molecule has 0 spiro atoms. The van der Waals surface area contributed by atoms with Crippen molar-refractivity contribution in [2.75, 3.05) is 13.7 Å². The molecule has 30 heavy (non-hydrogen) atoms. The second-order valence-corrected chi connectivity index (χ2v) is 8.89. The number of aryl methyl sites for hydroxylation is 1. The molecule has 4 aromatic rings. The molecule has 0 aliphatic heterocycles. The molecule has 0 unspecified atom stereocenters. The lowest BCUT2D eigenvalue weighted by molar-refractivity contribution is 0.0948. The smallest absolute Gasteiger partial charge is 0.273 e. The van der Waals surface area contributed by atoms with Crippen molar-refractivity contribution in [3.63, 3.8) is 0 Å². The van der Waals surface area contributed by atoms with Gasteiger partial charge in [-0.05, 0) is 44.5 Å². The van der Waals surface area contributed by atoms with Crippen LogP contribution in [0.5, 0.6) is 5.75 Å². The maximum atomic E-state index is 12.6. The number of methoxy groups -OCH3 is 1. The first-order valence-corrected chi connectivity index (χ1v) is 11.1. The number of ether oxygens (including phenoxy) is 1.